The zero-order valence-corrected chi connectivity index (χ0v) is 33.2. The summed E-state index contributed by atoms with van der Waals surface area (Å²) in [5.74, 6) is -0.292. The first-order valence-corrected chi connectivity index (χ1v) is 20.2. The number of piperidine rings is 2. The van der Waals surface area contributed by atoms with E-state index in [4.69, 9.17) is 9.47 Å². The van der Waals surface area contributed by atoms with E-state index in [0.717, 1.165) is 38.5 Å². The lowest BCUT2D eigenvalue weighted by Crippen LogP contribution is -2.77. The Kier molecular flexibility index (Phi) is 16.1. The van der Waals surface area contributed by atoms with Crippen LogP contribution in [0.15, 0.2) is 30.3 Å². The standard InChI is InChI=1S/C43H74N2O4/c1-10-11-12-13-14-15-16-17-18-19-20-21-22-23-27-30-38(46)48-36-31-40(2,3)44(41(4,5)32-36)45-42(6,7)33-37(34-43(45,8)9)49-39(47)35-28-25-24-26-29-35/h24-26,28-29,36-37H,10-23,27,30-34H2,1-9H3. The van der Waals surface area contributed by atoms with Crippen molar-refractivity contribution in [2.75, 3.05) is 0 Å². The van der Waals surface area contributed by atoms with Crippen molar-refractivity contribution in [1.82, 2.24) is 10.0 Å². The van der Waals surface area contributed by atoms with Gasteiger partial charge in [-0.1, -0.05) is 115 Å². The molecule has 6 nitrogen and oxygen atoms in total. The maximum absolute atomic E-state index is 13.0. The van der Waals surface area contributed by atoms with Crippen molar-refractivity contribution >= 4 is 11.9 Å². The van der Waals surface area contributed by atoms with Gasteiger partial charge in [-0.25, -0.2) is 14.8 Å². The summed E-state index contributed by atoms with van der Waals surface area (Å²) in [5, 5.41) is 5.15. The molecule has 1 aromatic rings. The van der Waals surface area contributed by atoms with E-state index in [1.54, 1.807) is 0 Å². The van der Waals surface area contributed by atoms with E-state index in [0.29, 0.717) is 12.0 Å². The molecule has 2 aliphatic heterocycles. The van der Waals surface area contributed by atoms with Gasteiger partial charge in [0.2, 0.25) is 0 Å². The Morgan fingerprint density at radius 3 is 1.29 bits per heavy atom. The zero-order chi connectivity index (χ0) is 36.1. The molecule has 2 saturated heterocycles. The Bertz CT molecular complexity index is 1090. The van der Waals surface area contributed by atoms with Gasteiger partial charge in [-0.15, -0.1) is 0 Å². The van der Waals surface area contributed by atoms with E-state index < -0.39 is 0 Å². The van der Waals surface area contributed by atoms with Crippen LogP contribution < -0.4 is 0 Å². The molecular formula is C43H74N2O4. The van der Waals surface area contributed by atoms with Crippen LogP contribution in [0.5, 0.6) is 0 Å². The molecule has 49 heavy (non-hydrogen) atoms. The number of carbonyl (C=O) groups is 2. The number of hydrazine groups is 1. The fourth-order valence-electron chi connectivity index (χ4n) is 9.29. The minimum absolute atomic E-state index is 0.0403. The average Bonchev–Trinajstić information content (AvgIpc) is 2.99. The molecule has 0 radical (unpaired) electrons. The highest BCUT2D eigenvalue weighted by Gasteiger charge is 2.58. The molecule has 6 heteroatoms. The fraction of sp³-hybridized carbons (Fsp3) is 0.814. The van der Waals surface area contributed by atoms with Gasteiger partial charge in [-0.05, 0) is 73.9 Å². The molecule has 0 saturated carbocycles. The second-order valence-corrected chi connectivity index (χ2v) is 17.9. The highest BCUT2D eigenvalue weighted by molar-refractivity contribution is 5.89. The second kappa shape index (κ2) is 19.1. The van der Waals surface area contributed by atoms with Gasteiger partial charge >= 0.3 is 11.9 Å². The monoisotopic (exact) mass is 683 g/mol. The molecule has 0 bridgehead atoms. The van der Waals surface area contributed by atoms with Crippen molar-refractivity contribution in [3.63, 3.8) is 0 Å². The maximum atomic E-state index is 13.0. The first-order valence-electron chi connectivity index (χ1n) is 20.2. The van der Waals surface area contributed by atoms with Crippen molar-refractivity contribution < 1.29 is 19.1 Å². The topological polar surface area (TPSA) is 59.1 Å². The molecule has 0 spiro atoms. The lowest BCUT2D eigenvalue weighted by molar-refractivity contribution is -0.291. The van der Waals surface area contributed by atoms with Crippen molar-refractivity contribution in [3.8, 4) is 0 Å². The number of ether oxygens (including phenoxy) is 2. The van der Waals surface area contributed by atoms with Gasteiger partial charge in [0.25, 0.3) is 0 Å². The Hall–Kier alpha value is -1.92. The number of rotatable bonds is 20. The molecule has 0 aliphatic carbocycles. The molecule has 3 rings (SSSR count). The molecule has 0 aromatic heterocycles. The Balaban J connectivity index is 1.41. The number of carbonyl (C=O) groups excluding carboxylic acids is 2. The van der Waals surface area contributed by atoms with Crippen LogP contribution in [0, 0.1) is 0 Å². The molecule has 1 aromatic carbocycles. The summed E-state index contributed by atoms with van der Waals surface area (Å²) in [6.07, 6.45) is 23.1. The lowest BCUT2D eigenvalue weighted by atomic mass is 9.75. The summed E-state index contributed by atoms with van der Waals surface area (Å²) in [7, 11) is 0. The van der Waals surface area contributed by atoms with E-state index in [1.807, 2.05) is 30.3 Å². The van der Waals surface area contributed by atoms with Crippen LogP contribution in [0.4, 0.5) is 0 Å². The Morgan fingerprint density at radius 2 is 0.898 bits per heavy atom. The predicted octanol–water partition coefficient (Wildman–Crippen LogP) is 11.6. The van der Waals surface area contributed by atoms with Crippen molar-refractivity contribution in [2.45, 2.75) is 225 Å². The predicted molar refractivity (Wildman–Crippen MR) is 204 cm³/mol. The van der Waals surface area contributed by atoms with Gasteiger partial charge in [0.15, 0.2) is 0 Å². The van der Waals surface area contributed by atoms with Crippen molar-refractivity contribution in [2.24, 2.45) is 0 Å². The summed E-state index contributed by atoms with van der Waals surface area (Å²) in [6, 6.07) is 9.29. The van der Waals surface area contributed by atoms with Crippen LogP contribution in [0.25, 0.3) is 0 Å². The van der Waals surface area contributed by atoms with Gasteiger partial charge < -0.3 is 9.47 Å². The summed E-state index contributed by atoms with van der Waals surface area (Å²) in [4.78, 5) is 26.0. The number of unbranched alkanes of at least 4 members (excludes halogenated alkanes) is 14. The molecule has 0 amide bonds. The van der Waals surface area contributed by atoms with Gasteiger partial charge in [0.05, 0.1) is 5.56 Å². The van der Waals surface area contributed by atoms with E-state index in [-0.39, 0.29) is 46.3 Å². The third-order valence-corrected chi connectivity index (χ3v) is 11.0. The normalized spacial score (nSPS) is 21.0. The van der Waals surface area contributed by atoms with Gasteiger partial charge in [-0.2, -0.15) is 0 Å². The maximum Gasteiger partial charge on any atom is 0.338 e. The van der Waals surface area contributed by atoms with Gasteiger partial charge in [-0.3, -0.25) is 4.79 Å². The zero-order valence-electron chi connectivity index (χ0n) is 33.2. The molecular weight excluding hydrogens is 608 g/mol. The molecule has 2 aliphatic rings. The molecule has 0 N–H and O–H groups in total. The molecule has 0 atom stereocenters. The summed E-state index contributed by atoms with van der Waals surface area (Å²) >= 11 is 0. The van der Waals surface area contributed by atoms with Crippen LogP contribution in [0.3, 0.4) is 0 Å². The molecule has 280 valence electrons. The number of esters is 2. The third kappa shape index (κ3) is 13.0. The molecule has 2 heterocycles. The van der Waals surface area contributed by atoms with E-state index >= 15 is 0 Å². The number of nitrogens with zero attached hydrogens (tertiary/aromatic N) is 2. The van der Waals surface area contributed by atoms with Crippen LogP contribution >= 0.6 is 0 Å². The van der Waals surface area contributed by atoms with E-state index in [9.17, 15) is 9.59 Å². The van der Waals surface area contributed by atoms with Crippen LogP contribution in [0.1, 0.15) is 201 Å². The highest BCUT2D eigenvalue weighted by Crippen LogP contribution is 2.49. The third-order valence-electron chi connectivity index (χ3n) is 11.0. The Morgan fingerprint density at radius 1 is 0.551 bits per heavy atom. The second-order valence-electron chi connectivity index (χ2n) is 17.9. The molecule has 2 fully saturated rings. The summed E-state index contributed by atoms with van der Waals surface area (Å²) < 4.78 is 12.3. The largest absolute Gasteiger partial charge is 0.462 e. The number of hydrogen-bond donors (Lipinski definition) is 0. The lowest BCUT2D eigenvalue weighted by Gasteiger charge is -2.67. The first kappa shape index (κ1) is 41.5. The van der Waals surface area contributed by atoms with Crippen LogP contribution in [0.2, 0.25) is 0 Å². The van der Waals surface area contributed by atoms with Gasteiger partial charge in [0, 0.05) is 54.3 Å². The Labute approximate surface area is 301 Å². The highest BCUT2D eigenvalue weighted by atomic mass is 16.5. The number of hydrogen-bond acceptors (Lipinski definition) is 6. The van der Waals surface area contributed by atoms with E-state index in [2.05, 4.69) is 72.3 Å². The van der Waals surface area contributed by atoms with Crippen molar-refractivity contribution in [1.29, 1.82) is 0 Å². The van der Waals surface area contributed by atoms with Crippen LogP contribution in [-0.2, 0) is 14.3 Å². The minimum Gasteiger partial charge on any atom is -0.462 e. The number of benzene rings is 1. The fourth-order valence-corrected chi connectivity index (χ4v) is 9.29. The summed E-state index contributed by atoms with van der Waals surface area (Å²) in [5.41, 5.74) is -0.379. The van der Waals surface area contributed by atoms with Crippen LogP contribution in [-0.4, -0.2) is 56.3 Å². The smallest absolute Gasteiger partial charge is 0.338 e. The van der Waals surface area contributed by atoms with Gasteiger partial charge in [0.1, 0.15) is 12.2 Å². The SMILES string of the molecule is CCCCCCCCCCCCCCCCCC(=O)OC1CC(C)(C)N(N2C(C)(C)CC(OC(=O)c3ccccc3)CC2(C)C)C(C)(C)C1. The quantitative estimate of drug-likeness (QED) is 0.101. The van der Waals surface area contributed by atoms with E-state index in [1.165, 1.54) is 83.5 Å². The van der Waals surface area contributed by atoms with Crippen molar-refractivity contribution in [3.05, 3.63) is 35.9 Å². The summed E-state index contributed by atoms with van der Waals surface area (Å²) in [6.45, 7) is 20.5. The first-order chi connectivity index (χ1) is 23.1. The molecule has 0 unspecified atom stereocenters. The average molecular weight is 683 g/mol. The minimum atomic E-state index is -0.255.